The van der Waals surface area contributed by atoms with Crippen LogP contribution in [0.15, 0.2) is 54.6 Å². The smallest absolute Gasteiger partial charge is 0.128 e. The van der Waals surface area contributed by atoms with Crippen molar-refractivity contribution in [2.45, 2.75) is 6.54 Å². The third-order valence-electron chi connectivity index (χ3n) is 3.38. The number of nitrogens with one attached hydrogen (secondary N) is 1. The summed E-state index contributed by atoms with van der Waals surface area (Å²) in [6.45, 7) is 0.321. The van der Waals surface area contributed by atoms with Crippen molar-refractivity contribution >= 4 is 28.1 Å². The van der Waals surface area contributed by atoms with Crippen LogP contribution in [-0.4, -0.2) is 5.11 Å². The van der Waals surface area contributed by atoms with Crippen molar-refractivity contribution in [3.8, 4) is 5.75 Å². The molecule has 0 bridgehead atoms. The number of rotatable bonds is 3. The maximum absolute atomic E-state index is 13.7. The predicted molar refractivity (Wildman–Crippen MR) is 84.3 cm³/mol. The Morgan fingerprint density at radius 2 is 1.76 bits per heavy atom. The second-order valence-corrected chi connectivity index (χ2v) is 5.20. The van der Waals surface area contributed by atoms with Crippen molar-refractivity contribution < 1.29 is 9.50 Å². The first-order valence-electron chi connectivity index (χ1n) is 6.53. The molecule has 0 saturated heterocycles. The van der Waals surface area contributed by atoms with Gasteiger partial charge in [0.25, 0.3) is 0 Å². The number of halogens is 2. The Labute approximate surface area is 126 Å². The van der Waals surface area contributed by atoms with Crippen molar-refractivity contribution in [1.29, 1.82) is 0 Å². The summed E-state index contributed by atoms with van der Waals surface area (Å²) in [4.78, 5) is 0. The number of phenols is 1. The van der Waals surface area contributed by atoms with Gasteiger partial charge in [0.2, 0.25) is 0 Å². The zero-order valence-corrected chi connectivity index (χ0v) is 11.9. The average Bonchev–Trinajstić information content (AvgIpc) is 2.49. The van der Waals surface area contributed by atoms with Gasteiger partial charge in [0, 0.05) is 33.6 Å². The highest BCUT2D eigenvalue weighted by Crippen LogP contribution is 2.30. The normalized spacial score (nSPS) is 10.8. The largest absolute Gasteiger partial charge is 0.507 e. The van der Waals surface area contributed by atoms with Crippen molar-refractivity contribution in [3.63, 3.8) is 0 Å². The molecule has 0 spiro atoms. The summed E-state index contributed by atoms with van der Waals surface area (Å²) < 4.78 is 13.7. The Morgan fingerprint density at radius 1 is 1.00 bits per heavy atom. The Hall–Kier alpha value is -2.26. The summed E-state index contributed by atoms with van der Waals surface area (Å²) in [7, 11) is 0. The molecule has 0 aromatic heterocycles. The van der Waals surface area contributed by atoms with Gasteiger partial charge in [-0.3, -0.25) is 0 Å². The van der Waals surface area contributed by atoms with E-state index in [1.54, 1.807) is 18.2 Å². The molecule has 0 unspecified atom stereocenters. The summed E-state index contributed by atoms with van der Waals surface area (Å²) in [6, 6.07) is 15.4. The van der Waals surface area contributed by atoms with E-state index < -0.39 is 0 Å². The van der Waals surface area contributed by atoms with Gasteiger partial charge in [-0.25, -0.2) is 4.39 Å². The van der Waals surface area contributed by atoms with E-state index in [1.807, 2.05) is 24.3 Å². The number of phenolic OH excluding ortho intramolecular Hbond substituents is 1. The first kappa shape index (κ1) is 13.7. The van der Waals surface area contributed by atoms with Crippen LogP contribution < -0.4 is 5.32 Å². The highest BCUT2D eigenvalue weighted by Gasteiger charge is 2.06. The van der Waals surface area contributed by atoms with Crippen molar-refractivity contribution in [3.05, 3.63) is 71.0 Å². The van der Waals surface area contributed by atoms with E-state index in [0.29, 0.717) is 17.1 Å². The number of hydrogen-bond acceptors (Lipinski definition) is 2. The maximum Gasteiger partial charge on any atom is 0.128 e. The van der Waals surface area contributed by atoms with Crippen molar-refractivity contribution in [2.24, 2.45) is 0 Å². The van der Waals surface area contributed by atoms with E-state index in [4.69, 9.17) is 11.6 Å². The highest BCUT2D eigenvalue weighted by atomic mass is 35.5. The number of fused-ring (bicyclic) bond motifs is 1. The molecular formula is C17H13ClFNO. The summed E-state index contributed by atoms with van der Waals surface area (Å²) in [5.74, 6) is -0.0694. The molecule has 0 heterocycles. The molecule has 0 amide bonds. The first-order chi connectivity index (χ1) is 10.1. The van der Waals surface area contributed by atoms with Crippen LogP contribution in [0, 0.1) is 5.82 Å². The molecule has 0 aliphatic carbocycles. The van der Waals surface area contributed by atoms with E-state index in [0.717, 1.165) is 16.5 Å². The zero-order valence-electron chi connectivity index (χ0n) is 11.1. The van der Waals surface area contributed by atoms with Gasteiger partial charge in [-0.05, 0) is 30.3 Å². The van der Waals surface area contributed by atoms with Crippen LogP contribution in [0.25, 0.3) is 10.8 Å². The van der Waals surface area contributed by atoms with Crippen LogP contribution in [0.3, 0.4) is 0 Å². The molecule has 3 aromatic rings. The Kier molecular flexibility index (Phi) is 3.67. The van der Waals surface area contributed by atoms with Crippen LogP contribution in [0.5, 0.6) is 5.75 Å². The van der Waals surface area contributed by atoms with Gasteiger partial charge in [0.05, 0.1) is 0 Å². The van der Waals surface area contributed by atoms with Crippen LogP contribution in [0.4, 0.5) is 10.1 Å². The van der Waals surface area contributed by atoms with Crippen LogP contribution in [0.1, 0.15) is 5.56 Å². The molecule has 2 N–H and O–H groups in total. The van der Waals surface area contributed by atoms with Gasteiger partial charge in [0.1, 0.15) is 11.6 Å². The topological polar surface area (TPSA) is 32.3 Å². The Bertz CT molecular complexity index is 804. The number of hydrogen-bond donors (Lipinski definition) is 2. The second kappa shape index (κ2) is 5.62. The fourth-order valence-electron chi connectivity index (χ4n) is 2.32. The van der Waals surface area contributed by atoms with E-state index in [1.165, 1.54) is 12.1 Å². The second-order valence-electron chi connectivity index (χ2n) is 4.77. The molecule has 0 aliphatic rings. The number of benzene rings is 3. The van der Waals surface area contributed by atoms with E-state index >= 15 is 0 Å². The van der Waals surface area contributed by atoms with Gasteiger partial charge in [-0.15, -0.1) is 0 Å². The van der Waals surface area contributed by atoms with E-state index in [9.17, 15) is 9.50 Å². The van der Waals surface area contributed by atoms with Crippen molar-refractivity contribution in [2.75, 3.05) is 5.32 Å². The Balaban J connectivity index is 1.92. The molecule has 106 valence electrons. The molecule has 0 atom stereocenters. The minimum absolute atomic E-state index is 0.227. The molecule has 0 aliphatic heterocycles. The molecule has 0 fully saturated rings. The van der Waals surface area contributed by atoms with Gasteiger partial charge >= 0.3 is 0 Å². The summed E-state index contributed by atoms with van der Waals surface area (Å²) in [6.07, 6.45) is 0. The van der Waals surface area contributed by atoms with Gasteiger partial charge in [0.15, 0.2) is 0 Å². The Morgan fingerprint density at radius 3 is 2.62 bits per heavy atom. The lowest BCUT2D eigenvalue weighted by Crippen LogP contribution is -2.02. The molecule has 4 heteroatoms. The molecule has 21 heavy (non-hydrogen) atoms. The quantitative estimate of drug-likeness (QED) is 0.717. The summed E-state index contributed by atoms with van der Waals surface area (Å²) in [5.41, 5.74) is 1.34. The first-order valence-corrected chi connectivity index (χ1v) is 6.91. The molecule has 2 nitrogen and oxygen atoms in total. The van der Waals surface area contributed by atoms with Gasteiger partial charge in [-0.2, -0.15) is 0 Å². The summed E-state index contributed by atoms with van der Waals surface area (Å²) >= 11 is 5.89. The van der Waals surface area contributed by atoms with Gasteiger partial charge in [-0.1, -0.05) is 35.9 Å². The average molecular weight is 302 g/mol. The molecular weight excluding hydrogens is 289 g/mol. The summed E-state index contributed by atoms with van der Waals surface area (Å²) in [5, 5.41) is 15.2. The van der Waals surface area contributed by atoms with Crippen LogP contribution >= 0.6 is 11.6 Å². The van der Waals surface area contributed by atoms with E-state index in [2.05, 4.69) is 5.32 Å². The monoisotopic (exact) mass is 301 g/mol. The lowest BCUT2D eigenvalue weighted by molar-refractivity contribution is 0.481. The molecule has 0 radical (unpaired) electrons. The lowest BCUT2D eigenvalue weighted by Gasteiger charge is -2.11. The van der Waals surface area contributed by atoms with E-state index in [-0.39, 0.29) is 11.6 Å². The number of aromatic hydroxyl groups is 1. The SMILES string of the molecule is Oc1cccc2c(NCc3cc(Cl)ccc3F)cccc12. The third kappa shape index (κ3) is 2.78. The predicted octanol–water partition coefficient (Wildman–Crippen LogP) is 4.95. The third-order valence-corrected chi connectivity index (χ3v) is 3.61. The van der Waals surface area contributed by atoms with Crippen LogP contribution in [-0.2, 0) is 6.54 Å². The zero-order chi connectivity index (χ0) is 14.8. The minimum Gasteiger partial charge on any atom is -0.507 e. The number of anilines is 1. The molecule has 0 saturated carbocycles. The standard InChI is InChI=1S/C17H13ClFNO/c18-12-7-8-15(19)11(9-12)10-20-16-5-1-4-14-13(16)3-2-6-17(14)21/h1-9,20-21H,10H2. The minimum atomic E-state index is -0.296. The molecule has 3 rings (SSSR count). The molecule has 3 aromatic carbocycles. The fraction of sp³-hybridized carbons (Fsp3) is 0.0588. The highest BCUT2D eigenvalue weighted by molar-refractivity contribution is 6.30. The van der Waals surface area contributed by atoms with Crippen molar-refractivity contribution in [1.82, 2.24) is 0 Å². The van der Waals surface area contributed by atoms with Crippen LogP contribution in [0.2, 0.25) is 5.02 Å². The maximum atomic E-state index is 13.7. The fourth-order valence-corrected chi connectivity index (χ4v) is 2.51. The lowest BCUT2D eigenvalue weighted by atomic mass is 10.1. The van der Waals surface area contributed by atoms with Gasteiger partial charge < -0.3 is 10.4 Å².